The molecule has 1 aliphatic heterocycles. The highest BCUT2D eigenvalue weighted by atomic mass is 79.9. The second kappa shape index (κ2) is 6.04. The van der Waals surface area contributed by atoms with Crippen molar-refractivity contribution in [2.45, 2.75) is 30.5 Å². The highest BCUT2D eigenvalue weighted by molar-refractivity contribution is 9.09. The molecule has 0 unspecified atom stereocenters. The van der Waals surface area contributed by atoms with Gasteiger partial charge in [-0.05, 0) is 49.8 Å². The molecule has 5 heteroatoms. The van der Waals surface area contributed by atoms with E-state index in [0.29, 0.717) is 27.8 Å². The monoisotopic (exact) mass is 339 g/mol. The van der Waals surface area contributed by atoms with Crippen LogP contribution in [-0.4, -0.2) is 24.1 Å². The van der Waals surface area contributed by atoms with Crippen LogP contribution in [-0.2, 0) is 0 Å². The first-order valence-corrected chi connectivity index (χ1v) is 7.96. The van der Waals surface area contributed by atoms with Gasteiger partial charge in [-0.15, -0.1) is 0 Å². The largest absolute Gasteiger partial charge is 0.454 e. The van der Waals surface area contributed by atoms with Crippen LogP contribution in [0.2, 0.25) is 0 Å². The summed E-state index contributed by atoms with van der Waals surface area (Å²) in [5.74, 6) is 1.92. The minimum atomic E-state index is -0.0377. The lowest BCUT2D eigenvalue weighted by molar-refractivity contribution is 0.0943. The number of halogens is 1. The van der Waals surface area contributed by atoms with Crippen LogP contribution >= 0.6 is 15.9 Å². The number of carbonyl (C=O) groups is 1. The lowest BCUT2D eigenvalue weighted by atomic mass is 9.89. The molecule has 0 spiro atoms. The predicted molar refractivity (Wildman–Crippen MR) is 79.6 cm³/mol. The molecule has 0 atom stereocenters. The van der Waals surface area contributed by atoms with Gasteiger partial charge in [-0.3, -0.25) is 4.79 Å². The van der Waals surface area contributed by atoms with Crippen molar-refractivity contribution in [3.8, 4) is 11.5 Å². The molecule has 1 aromatic carbocycles. The SMILES string of the molecule is O=C(NCC1CCC(Br)CC1)c1ccc2c(c1)OCO2. The van der Waals surface area contributed by atoms with Gasteiger partial charge in [-0.25, -0.2) is 0 Å². The van der Waals surface area contributed by atoms with E-state index in [9.17, 15) is 4.79 Å². The Kier molecular flexibility index (Phi) is 4.15. The number of fused-ring (bicyclic) bond motifs is 1. The maximum absolute atomic E-state index is 12.1. The highest BCUT2D eigenvalue weighted by Gasteiger charge is 2.20. The average Bonchev–Trinajstić information content (AvgIpc) is 2.93. The Morgan fingerprint density at radius 2 is 1.95 bits per heavy atom. The van der Waals surface area contributed by atoms with Gasteiger partial charge in [0.2, 0.25) is 6.79 Å². The Hall–Kier alpha value is -1.23. The summed E-state index contributed by atoms with van der Waals surface area (Å²) in [5, 5.41) is 3.02. The Morgan fingerprint density at radius 1 is 1.20 bits per heavy atom. The van der Waals surface area contributed by atoms with Crippen molar-refractivity contribution in [2.24, 2.45) is 5.92 Å². The molecule has 4 nitrogen and oxygen atoms in total. The summed E-state index contributed by atoms with van der Waals surface area (Å²) in [4.78, 5) is 12.8. The quantitative estimate of drug-likeness (QED) is 0.860. The predicted octanol–water partition coefficient (Wildman–Crippen LogP) is 3.10. The van der Waals surface area contributed by atoms with Gasteiger partial charge >= 0.3 is 0 Å². The fourth-order valence-corrected chi connectivity index (χ4v) is 3.23. The third-order valence-electron chi connectivity index (χ3n) is 3.96. The van der Waals surface area contributed by atoms with Gasteiger partial charge in [0.1, 0.15) is 0 Å². The first-order chi connectivity index (χ1) is 9.72. The maximum Gasteiger partial charge on any atom is 0.251 e. The number of amides is 1. The summed E-state index contributed by atoms with van der Waals surface area (Å²) in [6.07, 6.45) is 4.75. The fraction of sp³-hybridized carbons (Fsp3) is 0.533. The van der Waals surface area contributed by atoms with E-state index >= 15 is 0 Å². The van der Waals surface area contributed by atoms with Gasteiger partial charge in [-0.1, -0.05) is 15.9 Å². The molecule has 0 radical (unpaired) electrons. The Bertz CT molecular complexity index is 498. The van der Waals surface area contributed by atoms with Crippen molar-refractivity contribution in [1.82, 2.24) is 5.32 Å². The minimum Gasteiger partial charge on any atom is -0.454 e. The zero-order valence-electron chi connectivity index (χ0n) is 11.2. The highest BCUT2D eigenvalue weighted by Crippen LogP contribution is 2.32. The molecule has 1 N–H and O–H groups in total. The average molecular weight is 340 g/mol. The molecule has 2 aliphatic rings. The molecule has 1 saturated carbocycles. The van der Waals surface area contributed by atoms with E-state index in [1.54, 1.807) is 18.2 Å². The van der Waals surface area contributed by atoms with Crippen molar-refractivity contribution >= 4 is 21.8 Å². The van der Waals surface area contributed by atoms with Crippen LogP contribution < -0.4 is 14.8 Å². The van der Waals surface area contributed by atoms with E-state index < -0.39 is 0 Å². The van der Waals surface area contributed by atoms with Crippen LogP contribution in [0.3, 0.4) is 0 Å². The minimum absolute atomic E-state index is 0.0377. The second-order valence-corrected chi connectivity index (χ2v) is 6.69. The van der Waals surface area contributed by atoms with Gasteiger partial charge in [0.15, 0.2) is 11.5 Å². The molecule has 1 aromatic rings. The van der Waals surface area contributed by atoms with Crippen LogP contribution in [0.25, 0.3) is 0 Å². The van der Waals surface area contributed by atoms with E-state index in [1.165, 1.54) is 25.7 Å². The summed E-state index contributed by atoms with van der Waals surface area (Å²) in [5.41, 5.74) is 0.628. The molecule has 1 heterocycles. The summed E-state index contributed by atoms with van der Waals surface area (Å²) < 4.78 is 10.5. The normalized spacial score (nSPS) is 24.4. The molecule has 1 aliphatic carbocycles. The van der Waals surface area contributed by atoms with Crippen molar-refractivity contribution in [3.63, 3.8) is 0 Å². The number of hydrogen-bond donors (Lipinski definition) is 1. The van der Waals surface area contributed by atoms with Crippen molar-refractivity contribution < 1.29 is 14.3 Å². The summed E-state index contributed by atoms with van der Waals surface area (Å²) >= 11 is 3.65. The standard InChI is InChI=1S/C15H18BrNO3/c16-12-4-1-10(2-5-12)8-17-15(18)11-3-6-13-14(7-11)20-9-19-13/h3,6-7,10,12H,1-2,4-5,8-9H2,(H,17,18). The number of rotatable bonds is 3. The smallest absolute Gasteiger partial charge is 0.251 e. The van der Waals surface area contributed by atoms with E-state index in [2.05, 4.69) is 21.2 Å². The zero-order chi connectivity index (χ0) is 13.9. The molecule has 108 valence electrons. The number of alkyl halides is 1. The number of hydrogen-bond acceptors (Lipinski definition) is 3. The van der Waals surface area contributed by atoms with E-state index in [4.69, 9.17) is 9.47 Å². The fourth-order valence-electron chi connectivity index (χ4n) is 2.70. The number of ether oxygens (including phenoxy) is 2. The van der Waals surface area contributed by atoms with Crippen LogP contribution in [0.5, 0.6) is 11.5 Å². The molecule has 1 amide bonds. The first kappa shape index (κ1) is 13.7. The van der Waals surface area contributed by atoms with E-state index in [-0.39, 0.29) is 12.7 Å². The topological polar surface area (TPSA) is 47.6 Å². The molecule has 0 bridgehead atoms. The summed E-state index contributed by atoms with van der Waals surface area (Å²) in [7, 11) is 0. The molecule has 3 rings (SSSR count). The van der Waals surface area contributed by atoms with Crippen molar-refractivity contribution in [1.29, 1.82) is 0 Å². The van der Waals surface area contributed by atoms with Gasteiger partial charge in [0.05, 0.1) is 0 Å². The maximum atomic E-state index is 12.1. The van der Waals surface area contributed by atoms with Crippen LogP contribution in [0.15, 0.2) is 18.2 Å². The third-order valence-corrected chi connectivity index (χ3v) is 4.88. The number of nitrogens with one attached hydrogen (secondary N) is 1. The molecule has 20 heavy (non-hydrogen) atoms. The Labute approximate surface area is 127 Å². The second-order valence-electron chi connectivity index (χ2n) is 5.40. The van der Waals surface area contributed by atoms with Gasteiger partial charge in [0, 0.05) is 16.9 Å². The first-order valence-electron chi connectivity index (χ1n) is 7.04. The molecular weight excluding hydrogens is 322 g/mol. The summed E-state index contributed by atoms with van der Waals surface area (Å²) in [6, 6.07) is 5.30. The molecule has 0 saturated heterocycles. The van der Waals surface area contributed by atoms with Crippen LogP contribution in [0.4, 0.5) is 0 Å². The lowest BCUT2D eigenvalue weighted by Gasteiger charge is -2.25. The van der Waals surface area contributed by atoms with Crippen molar-refractivity contribution in [3.05, 3.63) is 23.8 Å². The summed E-state index contributed by atoms with van der Waals surface area (Å²) in [6.45, 7) is 0.989. The van der Waals surface area contributed by atoms with E-state index in [0.717, 1.165) is 6.54 Å². The number of carbonyl (C=O) groups excluding carboxylic acids is 1. The lowest BCUT2D eigenvalue weighted by Crippen LogP contribution is -2.31. The van der Waals surface area contributed by atoms with E-state index in [1.807, 2.05) is 0 Å². The Morgan fingerprint density at radius 3 is 2.75 bits per heavy atom. The van der Waals surface area contributed by atoms with Crippen LogP contribution in [0, 0.1) is 5.92 Å². The molecule has 1 fully saturated rings. The Balaban J connectivity index is 1.54. The molecule has 0 aromatic heterocycles. The molecular formula is C15H18BrNO3. The van der Waals surface area contributed by atoms with Gasteiger partial charge < -0.3 is 14.8 Å². The third kappa shape index (κ3) is 3.08. The number of benzene rings is 1. The van der Waals surface area contributed by atoms with Crippen LogP contribution in [0.1, 0.15) is 36.0 Å². The zero-order valence-corrected chi connectivity index (χ0v) is 12.8. The van der Waals surface area contributed by atoms with Crippen molar-refractivity contribution in [2.75, 3.05) is 13.3 Å². The van der Waals surface area contributed by atoms with Gasteiger partial charge in [0.25, 0.3) is 5.91 Å². The van der Waals surface area contributed by atoms with Gasteiger partial charge in [-0.2, -0.15) is 0 Å².